The molecular formula is C15H26N2O2. The summed E-state index contributed by atoms with van der Waals surface area (Å²) in [6, 6.07) is 4.09. The second-order valence-corrected chi connectivity index (χ2v) is 5.13. The van der Waals surface area contributed by atoms with Gasteiger partial charge in [-0.3, -0.25) is 0 Å². The summed E-state index contributed by atoms with van der Waals surface area (Å²) in [6.07, 6.45) is 0. The second-order valence-electron chi connectivity index (χ2n) is 5.13. The average Bonchev–Trinajstić information content (AvgIpc) is 2.37. The van der Waals surface area contributed by atoms with Gasteiger partial charge in [0, 0.05) is 30.8 Å². The molecule has 0 aliphatic carbocycles. The summed E-state index contributed by atoms with van der Waals surface area (Å²) < 4.78 is 10.9. The molecule has 0 aliphatic rings. The maximum absolute atomic E-state index is 5.53. The highest BCUT2D eigenvalue weighted by atomic mass is 16.5. The molecular weight excluding hydrogens is 240 g/mol. The Morgan fingerprint density at radius 1 is 1.00 bits per heavy atom. The van der Waals surface area contributed by atoms with E-state index >= 15 is 0 Å². The Bertz CT molecular complexity index is 405. The van der Waals surface area contributed by atoms with Gasteiger partial charge in [-0.1, -0.05) is 6.07 Å². The molecule has 0 aliphatic heterocycles. The van der Waals surface area contributed by atoms with E-state index in [-0.39, 0.29) is 0 Å². The summed E-state index contributed by atoms with van der Waals surface area (Å²) in [7, 11) is 9.70. The Kier molecular flexibility index (Phi) is 6.12. The summed E-state index contributed by atoms with van der Waals surface area (Å²) in [4.78, 5) is 4.48. The van der Waals surface area contributed by atoms with Crippen LogP contribution in [0.3, 0.4) is 0 Å². The maximum Gasteiger partial charge on any atom is 0.129 e. The zero-order chi connectivity index (χ0) is 14.4. The van der Waals surface area contributed by atoms with Crippen molar-refractivity contribution in [2.75, 3.05) is 48.5 Å². The first-order valence-electron chi connectivity index (χ1n) is 6.53. The molecule has 0 saturated heterocycles. The van der Waals surface area contributed by atoms with Crippen LogP contribution in [0.5, 0.6) is 11.5 Å². The maximum atomic E-state index is 5.53. The zero-order valence-corrected chi connectivity index (χ0v) is 13.0. The standard InChI is InChI=1S/C15H26N2O2/c1-12-14(18-5)8-7-13(15(12)19-6)11-17(4)10-9-16(2)3/h7-8H,9-11H2,1-6H3. The summed E-state index contributed by atoms with van der Waals surface area (Å²) in [6.45, 7) is 4.98. The van der Waals surface area contributed by atoms with Gasteiger partial charge in [-0.25, -0.2) is 0 Å². The lowest BCUT2D eigenvalue weighted by atomic mass is 10.1. The summed E-state index contributed by atoms with van der Waals surface area (Å²) in [5.74, 6) is 1.80. The third kappa shape index (κ3) is 4.40. The van der Waals surface area contributed by atoms with Gasteiger partial charge in [-0.2, -0.15) is 0 Å². The third-order valence-electron chi connectivity index (χ3n) is 3.23. The minimum absolute atomic E-state index is 0.872. The highest BCUT2D eigenvalue weighted by Crippen LogP contribution is 2.31. The molecule has 0 amide bonds. The van der Waals surface area contributed by atoms with Gasteiger partial charge < -0.3 is 19.3 Å². The fourth-order valence-electron chi connectivity index (χ4n) is 2.10. The van der Waals surface area contributed by atoms with Crippen LogP contribution >= 0.6 is 0 Å². The second kappa shape index (κ2) is 7.36. The van der Waals surface area contributed by atoms with Crippen LogP contribution in [0.1, 0.15) is 11.1 Å². The van der Waals surface area contributed by atoms with Crippen LogP contribution in [0.25, 0.3) is 0 Å². The van der Waals surface area contributed by atoms with Crippen LogP contribution in [0.2, 0.25) is 0 Å². The molecule has 0 spiro atoms. The van der Waals surface area contributed by atoms with E-state index in [2.05, 4.69) is 37.0 Å². The molecule has 108 valence electrons. The van der Waals surface area contributed by atoms with Crippen LogP contribution in [0.15, 0.2) is 12.1 Å². The quantitative estimate of drug-likeness (QED) is 0.753. The number of likely N-dealkylation sites (N-methyl/N-ethyl adjacent to an activating group) is 2. The van der Waals surface area contributed by atoms with Gasteiger partial charge in [0.15, 0.2) is 0 Å². The molecule has 4 heteroatoms. The molecule has 0 atom stereocenters. The fourth-order valence-corrected chi connectivity index (χ4v) is 2.10. The number of benzene rings is 1. The molecule has 4 nitrogen and oxygen atoms in total. The average molecular weight is 266 g/mol. The summed E-state index contributed by atoms with van der Waals surface area (Å²) in [5.41, 5.74) is 2.26. The zero-order valence-electron chi connectivity index (χ0n) is 13.0. The predicted molar refractivity (Wildman–Crippen MR) is 79.2 cm³/mol. The summed E-state index contributed by atoms with van der Waals surface area (Å²) in [5, 5.41) is 0. The number of ether oxygens (including phenoxy) is 2. The molecule has 19 heavy (non-hydrogen) atoms. The molecule has 0 fully saturated rings. The minimum Gasteiger partial charge on any atom is -0.496 e. The van der Waals surface area contributed by atoms with Crippen molar-refractivity contribution in [3.63, 3.8) is 0 Å². The molecule has 0 heterocycles. The van der Waals surface area contributed by atoms with Crippen molar-refractivity contribution < 1.29 is 9.47 Å². The van der Waals surface area contributed by atoms with Gasteiger partial charge in [0.2, 0.25) is 0 Å². The highest BCUT2D eigenvalue weighted by Gasteiger charge is 2.12. The van der Waals surface area contributed by atoms with E-state index in [1.54, 1.807) is 14.2 Å². The van der Waals surface area contributed by atoms with Crippen LogP contribution in [-0.2, 0) is 6.54 Å². The predicted octanol–water partition coefficient (Wildman–Crippen LogP) is 2.01. The monoisotopic (exact) mass is 266 g/mol. The van der Waals surface area contributed by atoms with Gasteiger partial charge in [0.05, 0.1) is 14.2 Å². The molecule has 0 unspecified atom stereocenters. The smallest absolute Gasteiger partial charge is 0.129 e. The Hall–Kier alpha value is -1.26. The van der Waals surface area contributed by atoms with E-state index in [0.29, 0.717) is 0 Å². The molecule has 0 radical (unpaired) electrons. The molecule has 1 rings (SSSR count). The number of nitrogens with zero attached hydrogens (tertiary/aromatic N) is 2. The van der Waals surface area contributed by atoms with Gasteiger partial charge in [0.25, 0.3) is 0 Å². The molecule has 1 aromatic rings. The highest BCUT2D eigenvalue weighted by molar-refractivity contribution is 5.49. The van der Waals surface area contributed by atoms with Gasteiger partial charge in [-0.15, -0.1) is 0 Å². The van der Waals surface area contributed by atoms with Crippen molar-refractivity contribution in [2.24, 2.45) is 0 Å². The van der Waals surface area contributed by atoms with E-state index in [9.17, 15) is 0 Å². The molecule has 0 N–H and O–H groups in total. The van der Waals surface area contributed by atoms with E-state index in [1.165, 1.54) is 5.56 Å². The Balaban J connectivity index is 2.80. The van der Waals surface area contributed by atoms with Crippen molar-refractivity contribution in [3.8, 4) is 11.5 Å². The fraction of sp³-hybridized carbons (Fsp3) is 0.600. The number of methoxy groups -OCH3 is 2. The molecule has 1 aromatic carbocycles. The Labute approximate surface area is 116 Å². The number of hydrogen-bond donors (Lipinski definition) is 0. The number of hydrogen-bond acceptors (Lipinski definition) is 4. The lowest BCUT2D eigenvalue weighted by Crippen LogP contribution is -2.28. The third-order valence-corrected chi connectivity index (χ3v) is 3.23. The lowest BCUT2D eigenvalue weighted by molar-refractivity contribution is 0.272. The Morgan fingerprint density at radius 3 is 2.21 bits per heavy atom. The van der Waals surface area contributed by atoms with Gasteiger partial charge in [0.1, 0.15) is 11.5 Å². The molecule has 0 saturated carbocycles. The van der Waals surface area contributed by atoms with E-state index < -0.39 is 0 Å². The SMILES string of the molecule is COc1ccc(CN(C)CCN(C)C)c(OC)c1C. The summed E-state index contributed by atoms with van der Waals surface area (Å²) >= 11 is 0. The van der Waals surface area contributed by atoms with Crippen molar-refractivity contribution >= 4 is 0 Å². The van der Waals surface area contributed by atoms with Crippen molar-refractivity contribution in [3.05, 3.63) is 23.3 Å². The normalized spacial score (nSPS) is 11.2. The van der Waals surface area contributed by atoms with E-state index in [0.717, 1.165) is 36.7 Å². The first-order chi connectivity index (χ1) is 8.99. The van der Waals surface area contributed by atoms with E-state index in [1.807, 2.05) is 13.0 Å². The largest absolute Gasteiger partial charge is 0.496 e. The van der Waals surface area contributed by atoms with Gasteiger partial charge >= 0.3 is 0 Å². The topological polar surface area (TPSA) is 24.9 Å². The van der Waals surface area contributed by atoms with Crippen LogP contribution in [-0.4, -0.2) is 58.3 Å². The number of rotatable bonds is 7. The van der Waals surface area contributed by atoms with Crippen molar-refractivity contribution in [1.29, 1.82) is 0 Å². The van der Waals surface area contributed by atoms with Crippen LogP contribution in [0, 0.1) is 6.92 Å². The van der Waals surface area contributed by atoms with Crippen LogP contribution in [0.4, 0.5) is 0 Å². The van der Waals surface area contributed by atoms with Gasteiger partial charge in [-0.05, 0) is 34.1 Å². The van der Waals surface area contributed by atoms with Crippen LogP contribution < -0.4 is 9.47 Å². The molecule has 0 bridgehead atoms. The van der Waals surface area contributed by atoms with Crippen molar-refractivity contribution in [2.45, 2.75) is 13.5 Å². The lowest BCUT2D eigenvalue weighted by Gasteiger charge is -2.21. The first-order valence-corrected chi connectivity index (χ1v) is 6.53. The Morgan fingerprint density at radius 2 is 1.68 bits per heavy atom. The minimum atomic E-state index is 0.872. The first kappa shape index (κ1) is 15.8. The van der Waals surface area contributed by atoms with Crippen molar-refractivity contribution in [1.82, 2.24) is 9.80 Å². The van der Waals surface area contributed by atoms with E-state index in [4.69, 9.17) is 9.47 Å². The molecule has 0 aromatic heterocycles.